The number of carbonyl (C=O) groups excluding carboxylic acids is 1. The maximum absolute atomic E-state index is 12.4. The lowest BCUT2D eigenvalue weighted by atomic mass is 10.1. The van der Waals surface area contributed by atoms with Crippen LogP contribution >= 0.6 is 11.6 Å². The van der Waals surface area contributed by atoms with Crippen molar-refractivity contribution in [2.24, 2.45) is 5.73 Å². The number of methoxy groups -OCH3 is 1. The summed E-state index contributed by atoms with van der Waals surface area (Å²) >= 11 is 6.00. The van der Waals surface area contributed by atoms with Gasteiger partial charge < -0.3 is 10.5 Å². The molecule has 2 aromatic carbocycles. The molecule has 0 aliphatic carbocycles. The van der Waals surface area contributed by atoms with Gasteiger partial charge in [-0.2, -0.15) is 0 Å². The van der Waals surface area contributed by atoms with Crippen LogP contribution < -0.4 is 15.4 Å². The van der Waals surface area contributed by atoms with E-state index >= 15 is 0 Å². The quantitative estimate of drug-likeness (QED) is 0.924. The minimum absolute atomic E-state index is 0.171. The highest BCUT2D eigenvalue weighted by Gasteiger charge is 2.36. The Morgan fingerprint density at radius 1 is 1.25 bits per heavy atom. The monoisotopic (exact) mass is 288 g/mol. The van der Waals surface area contributed by atoms with E-state index in [1.807, 2.05) is 12.1 Å². The highest BCUT2D eigenvalue weighted by atomic mass is 35.5. The van der Waals surface area contributed by atoms with Crippen LogP contribution in [-0.4, -0.2) is 13.0 Å². The van der Waals surface area contributed by atoms with Gasteiger partial charge in [0, 0.05) is 16.7 Å². The van der Waals surface area contributed by atoms with Gasteiger partial charge in [0.25, 0.3) is 5.91 Å². The number of hydrogen-bond acceptors (Lipinski definition) is 3. The van der Waals surface area contributed by atoms with E-state index < -0.39 is 6.04 Å². The van der Waals surface area contributed by atoms with Gasteiger partial charge in [-0.3, -0.25) is 9.69 Å². The number of amides is 1. The first kappa shape index (κ1) is 13.0. The number of rotatable bonds is 2. The van der Waals surface area contributed by atoms with E-state index in [1.165, 1.54) is 0 Å². The molecule has 0 spiro atoms. The van der Waals surface area contributed by atoms with E-state index in [0.29, 0.717) is 16.5 Å². The molecule has 5 heteroatoms. The molecule has 102 valence electrons. The van der Waals surface area contributed by atoms with E-state index in [0.717, 1.165) is 11.3 Å². The van der Waals surface area contributed by atoms with E-state index in [4.69, 9.17) is 22.1 Å². The number of nitrogens with two attached hydrogens (primary N) is 1. The molecule has 20 heavy (non-hydrogen) atoms. The number of ether oxygens (including phenoxy) is 1. The maximum Gasteiger partial charge on any atom is 0.253 e. The summed E-state index contributed by atoms with van der Waals surface area (Å²) < 4.78 is 5.21. The molecule has 0 radical (unpaired) electrons. The standard InChI is InChI=1S/C15H13ClN2O2/c1-20-11-5-6-12-13(8-11)18(15(19)14(12)17)10-4-2-3-9(16)7-10/h2-8,14H,17H2,1H3. The molecule has 2 N–H and O–H groups in total. The summed E-state index contributed by atoms with van der Waals surface area (Å²) in [4.78, 5) is 14.0. The van der Waals surface area contributed by atoms with Crippen LogP contribution in [0, 0.1) is 0 Å². The number of halogens is 1. The van der Waals surface area contributed by atoms with E-state index in [2.05, 4.69) is 0 Å². The van der Waals surface area contributed by atoms with Crippen molar-refractivity contribution in [1.82, 2.24) is 0 Å². The Bertz CT molecular complexity index is 687. The molecule has 2 aromatic rings. The van der Waals surface area contributed by atoms with E-state index in [-0.39, 0.29) is 5.91 Å². The van der Waals surface area contributed by atoms with Gasteiger partial charge in [-0.05, 0) is 24.3 Å². The topological polar surface area (TPSA) is 55.6 Å². The molecule has 0 aromatic heterocycles. The number of benzene rings is 2. The van der Waals surface area contributed by atoms with Crippen molar-refractivity contribution in [3.63, 3.8) is 0 Å². The SMILES string of the molecule is COc1ccc2c(c1)N(c1cccc(Cl)c1)C(=O)C2N. The molecule has 0 saturated carbocycles. The molecule has 1 unspecified atom stereocenters. The van der Waals surface area contributed by atoms with Gasteiger partial charge in [-0.15, -0.1) is 0 Å². The minimum atomic E-state index is -0.658. The summed E-state index contributed by atoms with van der Waals surface area (Å²) in [7, 11) is 1.59. The Labute approximate surface area is 121 Å². The third kappa shape index (κ3) is 1.94. The summed E-state index contributed by atoms with van der Waals surface area (Å²) in [5.74, 6) is 0.508. The predicted octanol–water partition coefficient (Wildman–Crippen LogP) is 3.03. The second kappa shape index (κ2) is 4.81. The van der Waals surface area contributed by atoms with Gasteiger partial charge >= 0.3 is 0 Å². The molecule has 1 aliphatic heterocycles. The Balaban J connectivity index is 2.16. The second-order valence-corrected chi connectivity index (χ2v) is 4.99. The van der Waals surface area contributed by atoms with Crippen molar-refractivity contribution in [2.75, 3.05) is 12.0 Å². The smallest absolute Gasteiger partial charge is 0.253 e. The number of carbonyl (C=O) groups is 1. The molecular formula is C15H13ClN2O2. The van der Waals surface area contributed by atoms with Gasteiger partial charge in [-0.1, -0.05) is 23.7 Å². The van der Waals surface area contributed by atoms with Crippen LogP contribution in [0.2, 0.25) is 5.02 Å². The fraction of sp³-hybridized carbons (Fsp3) is 0.133. The van der Waals surface area contributed by atoms with Crippen molar-refractivity contribution in [1.29, 1.82) is 0 Å². The van der Waals surface area contributed by atoms with Crippen LogP contribution in [0.3, 0.4) is 0 Å². The van der Waals surface area contributed by atoms with Gasteiger partial charge in [0.05, 0.1) is 18.5 Å². The van der Waals surface area contributed by atoms with Crippen molar-refractivity contribution in [2.45, 2.75) is 6.04 Å². The van der Waals surface area contributed by atoms with Gasteiger partial charge in [0.1, 0.15) is 11.8 Å². The largest absolute Gasteiger partial charge is 0.497 e. The van der Waals surface area contributed by atoms with Crippen LogP contribution in [0.1, 0.15) is 11.6 Å². The van der Waals surface area contributed by atoms with Gasteiger partial charge in [0.15, 0.2) is 0 Å². The maximum atomic E-state index is 12.4. The minimum Gasteiger partial charge on any atom is -0.497 e. The van der Waals surface area contributed by atoms with Crippen LogP contribution in [0.25, 0.3) is 0 Å². The third-order valence-electron chi connectivity index (χ3n) is 3.37. The summed E-state index contributed by atoms with van der Waals surface area (Å²) in [6, 6.07) is 11.9. The number of anilines is 2. The Hall–Kier alpha value is -2.04. The fourth-order valence-corrected chi connectivity index (χ4v) is 2.56. The molecule has 1 heterocycles. The van der Waals surface area contributed by atoms with Crippen molar-refractivity contribution in [3.8, 4) is 5.75 Å². The first-order valence-corrected chi connectivity index (χ1v) is 6.52. The zero-order chi connectivity index (χ0) is 14.3. The van der Waals surface area contributed by atoms with Crippen molar-refractivity contribution < 1.29 is 9.53 Å². The molecule has 0 saturated heterocycles. The average molecular weight is 289 g/mol. The number of hydrogen-bond donors (Lipinski definition) is 1. The van der Waals surface area contributed by atoms with E-state index in [1.54, 1.807) is 42.3 Å². The molecular weight excluding hydrogens is 276 g/mol. The summed E-state index contributed by atoms with van der Waals surface area (Å²) in [6.07, 6.45) is 0. The van der Waals surface area contributed by atoms with Crippen LogP contribution in [0.5, 0.6) is 5.75 Å². The zero-order valence-electron chi connectivity index (χ0n) is 10.8. The Morgan fingerprint density at radius 2 is 2.05 bits per heavy atom. The summed E-state index contributed by atoms with van der Waals surface area (Å²) in [5.41, 5.74) is 8.21. The third-order valence-corrected chi connectivity index (χ3v) is 3.60. The second-order valence-electron chi connectivity index (χ2n) is 4.56. The fourth-order valence-electron chi connectivity index (χ4n) is 2.38. The molecule has 1 atom stereocenters. The molecule has 1 aliphatic rings. The first-order valence-electron chi connectivity index (χ1n) is 6.15. The average Bonchev–Trinajstić information content (AvgIpc) is 2.70. The molecule has 1 amide bonds. The Morgan fingerprint density at radius 3 is 2.75 bits per heavy atom. The lowest BCUT2D eigenvalue weighted by Crippen LogP contribution is -2.27. The first-order chi connectivity index (χ1) is 9.61. The van der Waals surface area contributed by atoms with Gasteiger partial charge in [0.2, 0.25) is 0 Å². The summed E-state index contributed by atoms with van der Waals surface area (Å²) in [6.45, 7) is 0. The van der Waals surface area contributed by atoms with Crippen LogP contribution in [-0.2, 0) is 4.79 Å². The number of fused-ring (bicyclic) bond motifs is 1. The van der Waals surface area contributed by atoms with Crippen molar-refractivity contribution >= 4 is 28.9 Å². The zero-order valence-corrected chi connectivity index (χ0v) is 11.6. The number of nitrogens with zero attached hydrogens (tertiary/aromatic N) is 1. The van der Waals surface area contributed by atoms with Crippen LogP contribution in [0.4, 0.5) is 11.4 Å². The van der Waals surface area contributed by atoms with Gasteiger partial charge in [-0.25, -0.2) is 0 Å². The van der Waals surface area contributed by atoms with Crippen LogP contribution in [0.15, 0.2) is 42.5 Å². The predicted molar refractivity (Wildman–Crippen MR) is 78.5 cm³/mol. The molecule has 4 nitrogen and oxygen atoms in total. The Kier molecular flexibility index (Phi) is 3.12. The lowest BCUT2D eigenvalue weighted by molar-refractivity contribution is -0.118. The highest BCUT2D eigenvalue weighted by molar-refractivity contribution is 6.31. The molecule has 0 fully saturated rings. The molecule has 0 bridgehead atoms. The highest BCUT2D eigenvalue weighted by Crippen LogP contribution is 2.41. The lowest BCUT2D eigenvalue weighted by Gasteiger charge is -2.18. The summed E-state index contributed by atoms with van der Waals surface area (Å²) in [5, 5.41) is 0.570. The van der Waals surface area contributed by atoms with E-state index in [9.17, 15) is 4.79 Å². The van der Waals surface area contributed by atoms with Crippen molar-refractivity contribution in [3.05, 3.63) is 53.1 Å². The normalized spacial score (nSPS) is 17.2. The molecule has 3 rings (SSSR count).